The molecule has 0 aromatic heterocycles. The van der Waals surface area contributed by atoms with E-state index in [1.54, 1.807) is 0 Å². The molecule has 0 spiro atoms. The minimum Gasteiger partial charge on any atom is -0.373 e. The first kappa shape index (κ1) is 18.4. The Morgan fingerprint density at radius 2 is 1.84 bits per heavy atom. The normalized spacial score (nSPS) is 28.1. The Kier molecular flexibility index (Phi) is 6.10. The predicted octanol–water partition coefficient (Wildman–Crippen LogP) is 2.25. The monoisotopic (exact) mass is 345 g/mol. The Labute approximate surface area is 151 Å². The van der Waals surface area contributed by atoms with Gasteiger partial charge in [-0.25, -0.2) is 0 Å². The molecule has 2 aliphatic rings. The van der Waals surface area contributed by atoms with Crippen LogP contribution in [-0.2, 0) is 11.3 Å². The first-order valence-corrected chi connectivity index (χ1v) is 9.54. The predicted molar refractivity (Wildman–Crippen MR) is 99.5 cm³/mol. The minimum absolute atomic E-state index is 0.121. The summed E-state index contributed by atoms with van der Waals surface area (Å²) in [4.78, 5) is 17.2. The average molecular weight is 345 g/mol. The number of rotatable bonds is 4. The first-order valence-electron chi connectivity index (χ1n) is 9.54. The lowest BCUT2D eigenvalue weighted by atomic mass is 10.0. The number of ether oxygens (including phenoxy) is 1. The van der Waals surface area contributed by atoms with Gasteiger partial charge in [0.15, 0.2) is 0 Å². The maximum absolute atomic E-state index is 12.8. The highest BCUT2D eigenvalue weighted by atomic mass is 16.5. The molecule has 5 nitrogen and oxygen atoms in total. The fraction of sp³-hybridized carbons (Fsp3) is 0.650. The van der Waals surface area contributed by atoms with Gasteiger partial charge in [0.1, 0.15) is 0 Å². The summed E-state index contributed by atoms with van der Waals surface area (Å²) in [5.74, 6) is 0.121. The molecule has 2 fully saturated rings. The number of nitrogens with zero attached hydrogens (tertiary/aromatic N) is 2. The van der Waals surface area contributed by atoms with Crippen molar-refractivity contribution in [3.63, 3.8) is 0 Å². The molecule has 0 bridgehead atoms. The second kappa shape index (κ2) is 8.30. The third-order valence-corrected chi connectivity index (χ3v) is 5.26. The van der Waals surface area contributed by atoms with Crippen molar-refractivity contribution in [3.8, 4) is 0 Å². The summed E-state index contributed by atoms with van der Waals surface area (Å²) in [6.45, 7) is 8.44. The molecular formula is C20H31N3O2. The smallest absolute Gasteiger partial charge is 0.254 e. The van der Waals surface area contributed by atoms with Crippen molar-refractivity contribution in [2.45, 2.75) is 57.9 Å². The molecule has 3 atom stereocenters. The lowest BCUT2D eigenvalue weighted by molar-refractivity contribution is -0.0704. The maximum atomic E-state index is 12.8. The van der Waals surface area contributed by atoms with Crippen LogP contribution in [0.4, 0.5) is 0 Å². The van der Waals surface area contributed by atoms with E-state index in [4.69, 9.17) is 10.5 Å². The van der Waals surface area contributed by atoms with E-state index in [1.807, 2.05) is 17.0 Å². The summed E-state index contributed by atoms with van der Waals surface area (Å²) >= 11 is 0. The number of morpholine rings is 1. The second-order valence-electron chi connectivity index (χ2n) is 7.53. The zero-order valence-corrected chi connectivity index (χ0v) is 15.5. The molecule has 1 amide bonds. The molecule has 3 unspecified atom stereocenters. The van der Waals surface area contributed by atoms with E-state index in [0.717, 1.165) is 44.6 Å². The van der Waals surface area contributed by atoms with Crippen molar-refractivity contribution in [3.05, 3.63) is 35.4 Å². The van der Waals surface area contributed by atoms with Crippen molar-refractivity contribution in [2.24, 2.45) is 5.73 Å². The van der Waals surface area contributed by atoms with Gasteiger partial charge in [-0.3, -0.25) is 9.69 Å². The zero-order chi connectivity index (χ0) is 17.8. The second-order valence-corrected chi connectivity index (χ2v) is 7.53. The molecule has 138 valence electrons. The van der Waals surface area contributed by atoms with Gasteiger partial charge < -0.3 is 15.4 Å². The van der Waals surface area contributed by atoms with Crippen LogP contribution in [-0.4, -0.2) is 60.1 Å². The molecular weight excluding hydrogens is 314 g/mol. The van der Waals surface area contributed by atoms with E-state index in [-0.39, 0.29) is 24.2 Å². The molecule has 0 saturated carbocycles. The van der Waals surface area contributed by atoms with E-state index in [9.17, 15) is 4.79 Å². The fourth-order valence-electron chi connectivity index (χ4n) is 4.10. The van der Waals surface area contributed by atoms with Crippen LogP contribution >= 0.6 is 0 Å². The summed E-state index contributed by atoms with van der Waals surface area (Å²) in [7, 11) is 0. The summed E-state index contributed by atoms with van der Waals surface area (Å²) in [5, 5.41) is 0. The summed E-state index contributed by atoms with van der Waals surface area (Å²) < 4.78 is 5.79. The van der Waals surface area contributed by atoms with Crippen molar-refractivity contribution in [2.75, 3.05) is 26.2 Å². The number of amides is 1. The highest BCUT2D eigenvalue weighted by molar-refractivity contribution is 5.94. The number of hydrogen-bond acceptors (Lipinski definition) is 4. The van der Waals surface area contributed by atoms with E-state index in [1.165, 1.54) is 12.0 Å². The van der Waals surface area contributed by atoms with Crippen LogP contribution in [0.15, 0.2) is 24.3 Å². The molecule has 2 saturated heterocycles. The molecule has 5 heteroatoms. The Balaban J connectivity index is 1.62. The highest BCUT2D eigenvalue weighted by Gasteiger charge is 2.26. The number of likely N-dealkylation sites (tertiary alicyclic amines) is 1. The first-order chi connectivity index (χ1) is 12.1. The largest absolute Gasteiger partial charge is 0.373 e. The standard InChI is InChI=1S/C20H31N3O2/c1-15-12-22(13-16(2)25-15)14-17-6-8-18(9-7-17)20(24)23-10-4-3-5-19(23)11-21/h6-9,15-16,19H,3-5,10-14,21H2,1-2H3. The van der Waals surface area contributed by atoms with Crippen LogP contribution in [0.25, 0.3) is 0 Å². The number of carbonyl (C=O) groups is 1. The van der Waals surface area contributed by atoms with Crippen LogP contribution in [0.1, 0.15) is 49.0 Å². The molecule has 0 aliphatic carbocycles. The van der Waals surface area contributed by atoms with Gasteiger partial charge in [-0.1, -0.05) is 12.1 Å². The van der Waals surface area contributed by atoms with Gasteiger partial charge in [-0.2, -0.15) is 0 Å². The summed E-state index contributed by atoms with van der Waals surface area (Å²) in [6, 6.07) is 8.29. The zero-order valence-electron chi connectivity index (χ0n) is 15.5. The summed E-state index contributed by atoms with van der Waals surface area (Å²) in [6.07, 6.45) is 3.82. The lowest BCUT2D eigenvalue weighted by Crippen LogP contribution is -2.47. The Hall–Kier alpha value is -1.43. The van der Waals surface area contributed by atoms with E-state index < -0.39 is 0 Å². The van der Waals surface area contributed by atoms with Crippen LogP contribution in [0.3, 0.4) is 0 Å². The molecule has 2 N–H and O–H groups in total. The molecule has 3 rings (SSSR count). The molecule has 2 heterocycles. The van der Waals surface area contributed by atoms with Gasteiger partial charge >= 0.3 is 0 Å². The maximum Gasteiger partial charge on any atom is 0.254 e. The summed E-state index contributed by atoms with van der Waals surface area (Å²) in [5.41, 5.74) is 7.86. The van der Waals surface area contributed by atoms with E-state index >= 15 is 0 Å². The Morgan fingerprint density at radius 1 is 1.16 bits per heavy atom. The van der Waals surface area contributed by atoms with E-state index in [2.05, 4.69) is 30.9 Å². The third-order valence-electron chi connectivity index (χ3n) is 5.26. The fourth-order valence-corrected chi connectivity index (χ4v) is 4.10. The van der Waals surface area contributed by atoms with Crippen LogP contribution in [0.5, 0.6) is 0 Å². The van der Waals surface area contributed by atoms with Crippen molar-refractivity contribution < 1.29 is 9.53 Å². The molecule has 25 heavy (non-hydrogen) atoms. The topological polar surface area (TPSA) is 58.8 Å². The number of piperidine rings is 1. The van der Waals surface area contributed by atoms with Gasteiger partial charge in [0.2, 0.25) is 0 Å². The molecule has 0 radical (unpaired) electrons. The SMILES string of the molecule is CC1CN(Cc2ccc(C(=O)N3CCCCC3CN)cc2)CC(C)O1. The van der Waals surface area contributed by atoms with E-state index in [0.29, 0.717) is 6.54 Å². The Morgan fingerprint density at radius 3 is 2.48 bits per heavy atom. The number of carbonyl (C=O) groups excluding carboxylic acids is 1. The van der Waals surface area contributed by atoms with Crippen molar-refractivity contribution in [1.29, 1.82) is 0 Å². The van der Waals surface area contributed by atoms with Gasteiger partial charge in [-0.15, -0.1) is 0 Å². The van der Waals surface area contributed by atoms with Crippen LogP contribution < -0.4 is 5.73 Å². The average Bonchev–Trinajstić information content (AvgIpc) is 2.61. The van der Waals surface area contributed by atoms with Crippen molar-refractivity contribution in [1.82, 2.24) is 9.80 Å². The van der Waals surface area contributed by atoms with Gasteiger partial charge in [0, 0.05) is 44.3 Å². The minimum atomic E-state index is 0.121. The number of benzene rings is 1. The number of nitrogens with two attached hydrogens (primary N) is 1. The lowest BCUT2D eigenvalue weighted by Gasteiger charge is -2.35. The van der Waals surface area contributed by atoms with Crippen LogP contribution in [0.2, 0.25) is 0 Å². The number of hydrogen-bond donors (Lipinski definition) is 1. The quantitative estimate of drug-likeness (QED) is 0.909. The third kappa shape index (κ3) is 4.60. The van der Waals surface area contributed by atoms with Gasteiger partial charge in [0.05, 0.1) is 12.2 Å². The molecule has 1 aromatic carbocycles. The Bertz CT molecular complexity index is 565. The highest BCUT2D eigenvalue weighted by Crippen LogP contribution is 2.20. The van der Waals surface area contributed by atoms with Crippen molar-refractivity contribution >= 4 is 5.91 Å². The van der Waals surface area contributed by atoms with Gasteiger partial charge in [0.25, 0.3) is 5.91 Å². The molecule has 2 aliphatic heterocycles. The van der Waals surface area contributed by atoms with Gasteiger partial charge in [-0.05, 0) is 50.8 Å². The molecule has 1 aromatic rings. The van der Waals surface area contributed by atoms with Crippen LogP contribution in [0, 0.1) is 0 Å².